The van der Waals surface area contributed by atoms with Gasteiger partial charge in [0.15, 0.2) is 0 Å². The lowest BCUT2D eigenvalue weighted by atomic mass is 9.93. The van der Waals surface area contributed by atoms with Crippen LogP contribution in [0.15, 0.2) is 24.4 Å². The van der Waals surface area contributed by atoms with E-state index in [2.05, 4.69) is 15.7 Å². The number of carbonyl (C=O) groups excluding carboxylic acids is 1. The molecule has 3 N–H and O–H groups in total. The number of carbonyl (C=O) groups is 1. The van der Waals surface area contributed by atoms with Crippen LogP contribution in [0.2, 0.25) is 10.0 Å². The van der Waals surface area contributed by atoms with Crippen LogP contribution in [0.4, 0.5) is 10.5 Å². The van der Waals surface area contributed by atoms with Crippen molar-refractivity contribution in [2.45, 2.75) is 31.2 Å². The Kier molecular flexibility index (Phi) is 4.95. The Hall–Kier alpha value is -1.76. The minimum atomic E-state index is -1.03. The monoisotopic (exact) mass is 382 g/mol. The first-order chi connectivity index (χ1) is 11.8. The van der Waals surface area contributed by atoms with Gasteiger partial charge in [-0.3, -0.25) is 4.68 Å². The number of rotatable bonds is 5. The van der Waals surface area contributed by atoms with E-state index in [1.807, 2.05) is 7.05 Å². The van der Waals surface area contributed by atoms with Crippen molar-refractivity contribution in [1.82, 2.24) is 15.1 Å². The van der Waals surface area contributed by atoms with Crippen molar-refractivity contribution in [3.8, 4) is 0 Å². The number of hydrogen-bond donors (Lipinski definition) is 3. The van der Waals surface area contributed by atoms with Crippen LogP contribution in [-0.4, -0.2) is 27.5 Å². The number of aliphatic hydroxyl groups excluding tert-OH is 1. The lowest BCUT2D eigenvalue weighted by Crippen LogP contribution is -2.48. The van der Waals surface area contributed by atoms with Crippen LogP contribution in [0.1, 0.15) is 36.9 Å². The fraction of sp³-hybridized carbons (Fsp3) is 0.412. The van der Waals surface area contributed by atoms with Gasteiger partial charge in [-0.2, -0.15) is 5.10 Å². The highest BCUT2D eigenvalue weighted by Gasteiger charge is 2.32. The third kappa shape index (κ3) is 4.08. The number of amides is 2. The largest absolute Gasteiger partial charge is 0.394 e. The van der Waals surface area contributed by atoms with Crippen LogP contribution in [0, 0.1) is 0 Å². The van der Waals surface area contributed by atoms with Crippen LogP contribution in [0.5, 0.6) is 0 Å². The molecule has 1 aliphatic rings. The SMILES string of the molecule is Cn1cc(NC(=O)NC(C)(CO)c2cc(Cl)cc(Cl)c2)c(C2CC2)n1. The fourth-order valence-corrected chi connectivity index (χ4v) is 3.27. The van der Waals surface area contributed by atoms with Crippen LogP contribution in [0.3, 0.4) is 0 Å². The molecular weight excluding hydrogens is 363 g/mol. The van der Waals surface area contributed by atoms with Crippen molar-refractivity contribution in [3.63, 3.8) is 0 Å². The Morgan fingerprint density at radius 1 is 1.36 bits per heavy atom. The summed E-state index contributed by atoms with van der Waals surface area (Å²) >= 11 is 12.1. The molecule has 0 radical (unpaired) electrons. The molecule has 2 aromatic rings. The molecule has 1 aliphatic carbocycles. The van der Waals surface area contributed by atoms with Gasteiger partial charge in [-0.1, -0.05) is 23.2 Å². The minimum absolute atomic E-state index is 0.306. The summed E-state index contributed by atoms with van der Waals surface area (Å²) in [4.78, 5) is 12.5. The Labute approximate surface area is 156 Å². The molecule has 134 valence electrons. The normalized spacial score (nSPS) is 16.4. The van der Waals surface area contributed by atoms with Crippen LogP contribution >= 0.6 is 23.2 Å². The van der Waals surface area contributed by atoms with Gasteiger partial charge in [-0.05, 0) is 43.5 Å². The number of hydrogen-bond acceptors (Lipinski definition) is 3. The maximum absolute atomic E-state index is 12.5. The third-order valence-corrected chi connectivity index (χ3v) is 4.71. The lowest BCUT2D eigenvalue weighted by molar-refractivity contribution is 0.176. The number of urea groups is 1. The number of aryl methyl sites for hydroxylation is 1. The molecule has 0 bridgehead atoms. The summed E-state index contributed by atoms with van der Waals surface area (Å²) < 4.78 is 1.69. The van der Waals surface area contributed by atoms with Crippen LogP contribution in [-0.2, 0) is 12.6 Å². The second-order valence-electron chi connectivity index (χ2n) is 6.60. The minimum Gasteiger partial charge on any atom is -0.394 e. The summed E-state index contributed by atoms with van der Waals surface area (Å²) in [5.41, 5.74) is 1.18. The van der Waals surface area contributed by atoms with Crippen molar-refractivity contribution in [3.05, 3.63) is 45.7 Å². The highest BCUT2D eigenvalue weighted by Crippen LogP contribution is 2.42. The first-order valence-corrected chi connectivity index (χ1v) is 8.76. The summed E-state index contributed by atoms with van der Waals surface area (Å²) in [5.74, 6) is 0.410. The zero-order chi connectivity index (χ0) is 18.2. The van der Waals surface area contributed by atoms with E-state index in [1.165, 1.54) is 0 Å². The van der Waals surface area contributed by atoms with Crippen LogP contribution < -0.4 is 10.6 Å². The average molecular weight is 383 g/mol. The molecule has 0 spiro atoms. The molecule has 1 aromatic carbocycles. The van der Waals surface area contributed by atoms with Crippen molar-refractivity contribution in [1.29, 1.82) is 0 Å². The molecular formula is C17H20Cl2N4O2. The summed E-state index contributed by atoms with van der Waals surface area (Å²) in [6.07, 6.45) is 3.95. The van der Waals surface area contributed by atoms with E-state index in [9.17, 15) is 9.90 Å². The number of halogens is 2. The van der Waals surface area contributed by atoms with Crippen molar-refractivity contribution in [2.75, 3.05) is 11.9 Å². The number of nitrogens with zero attached hydrogens (tertiary/aromatic N) is 2. The zero-order valence-electron chi connectivity index (χ0n) is 14.0. The molecule has 1 heterocycles. The fourth-order valence-electron chi connectivity index (χ4n) is 2.74. The average Bonchev–Trinajstić information content (AvgIpc) is 3.30. The van der Waals surface area contributed by atoms with Crippen molar-refractivity contribution in [2.24, 2.45) is 7.05 Å². The molecule has 1 aromatic heterocycles. The van der Waals surface area contributed by atoms with E-state index in [1.54, 1.807) is 36.0 Å². The smallest absolute Gasteiger partial charge is 0.320 e. The third-order valence-electron chi connectivity index (χ3n) is 4.27. The lowest BCUT2D eigenvalue weighted by Gasteiger charge is -2.29. The molecule has 1 atom stereocenters. The molecule has 1 fully saturated rings. The Balaban J connectivity index is 1.78. The molecule has 1 saturated carbocycles. The molecule has 1 unspecified atom stereocenters. The maximum atomic E-state index is 12.5. The Morgan fingerprint density at radius 2 is 2.00 bits per heavy atom. The first-order valence-electron chi connectivity index (χ1n) is 8.01. The Bertz CT molecular complexity index is 784. The zero-order valence-corrected chi connectivity index (χ0v) is 15.5. The number of aliphatic hydroxyl groups is 1. The van der Waals surface area contributed by atoms with Gasteiger partial charge in [-0.15, -0.1) is 0 Å². The van der Waals surface area contributed by atoms with Gasteiger partial charge < -0.3 is 15.7 Å². The van der Waals surface area contributed by atoms with Gasteiger partial charge in [0.1, 0.15) is 0 Å². The van der Waals surface area contributed by atoms with Crippen LogP contribution in [0.25, 0.3) is 0 Å². The van der Waals surface area contributed by atoms with E-state index >= 15 is 0 Å². The summed E-state index contributed by atoms with van der Waals surface area (Å²) in [5, 5.41) is 20.8. The van der Waals surface area contributed by atoms with E-state index in [0.29, 0.717) is 27.2 Å². The van der Waals surface area contributed by atoms with Gasteiger partial charge in [-0.25, -0.2) is 4.79 Å². The van der Waals surface area contributed by atoms with Gasteiger partial charge in [0.2, 0.25) is 0 Å². The number of anilines is 1. The van der Waals surface area contributed by atoms with E-state index in [0.717, 1.165) is 18.5 Å². The summed E-state index contributed by atoms with van der Waals surface area (Å²) in [7, 11) is 1.82. The van der Waals surface area contributed by atoms with E-state index in [4.69, 9.17) is 23.2 Å². The van der Waals surface area contributed by atoms with Crippen molar-refractivity contribution >= 4 is 34.9 Å². The molecule has 0 aliphatic heterocycles. The van der Waals surface area contributed by atoms with Gasteiger partial charge in [0.25, 0.3) is 0 Å². The summed E-state index contributed by atoms with van der Waals surface area (Å²) in [6.45, 7) is 1.40. The standard InChI is InChI=1S/C17H20Cl2N4O2/c1-17(9-24,11-5-12(18)7-13(19)6-11)21-16(25)20-14-8-23(2)22-15(14)10-3-4-10/h5-8,10,24H,3-4,9H2,1-2H3,(H2,20,21,25). The van der Waals surface area contributed by atoms with Gasteiger partial charge in [0, 0.05) is 29.2 Å². The van der Waals surface area contributed by atoms with E-state index in [-0.39, 0.29) is 6.61 Å². The molecule has 0 saturated heterocycles. The topological polar surface area (TPSA) is 79.2 Å². The number of aromatic nitrogens is 2. The highest BCUT2D eigenvalue weighted by molar-refractivity contribution is 6.34. The Morgan fingerprint density at radius 3 is 2.56 bits per heavy atom. The number of nitrogens with one attached hydrogen (secondary N) is 2. The highest BCUT2D eigenvalue weighted by atomic mass is 35.5. The van der Waals surface area contributed by atoms with Crippen molar-refractivity contribution < 1.29 is 9.90 Å². The molecule has 2 amide bonds. The van der Waals surface area contributed by atoms with E-state index < -0.39 is 11.6 Å². The second kappa shape index (κ2) is 6.86. The maximum Gasteiger partial charge on any atom is 0.320 e. The quantitative estimate of drug-likeness (QED) is 0.738. The molecule has 3 rings (SSSR count). The predicted octanol–water partition coefficient (Wildman–Crippen LogP) is 3.63. The van der Waals surface area contributed by atoms with Gasteiger partial charge in [0.05, 0.1) is 23.5 Å². The summed E-state index contributed by atoms with van der Waals surface area (Å²) in [6, 6.07) is 4.51. The second-order valence-corrected chi connectivity index (χ2v) is 7.48. The number of benzene rings is 1. The molecule has 8 heteroatoms. The molecule has 25 heavy (non-hydrogen) atoms. The first kappa shape index (κ1) is 18.0. The molecule has 6 nitrogen and oxygen atoms in total. The predicted molar refractivity (Wildman–Crippen MR) is 98.2 cm³/mol. The van der Waals surface area contributed by atoms with Gasteiger partial charge >= 0.3 is 6.03 Å².